The van der Waals surface area contributed by atoms with Crippen molar-refractivity contribution in [3.8, 4) is 5.75 Å². The fraction of sp³-hybridized carbons (Fsp3) is 0.286. The molecule has 2 heteroatoms. The highest BCUT2D eigenvalue weighted by molar-refractivity contribution is 5.32. The van der Waals surface area contributed by atoms with Crippen LogP contribution in [0.3, 0.4) is 0 Å². The van der Waals surface area contributed by atoms with E-state index in [-0.39, 0.29) is 0 Å². The predicted octanol–water partition coefficient (Wildman–Crippen LogP) is 1.45. The van der Waals surface area contributed by atoms with Gasteiger partial charge in [-0.2, -0.15) is 0 Å². The highest BCUT2D eigenvalue weighted by Gasteiger charge is 2.09. The summed E-state index contributed by atoms with van der Waals surface area (Å²) >= 11 is 0. The Bertz CT molecular complexity index is 336. The molecule has 0 heterocycles. The summed E-state index contributed by atoms with van der Waals surface area (Å²) in [5.74, 6) is 0.952. The second-order valence-corrected chi connectivity index (χ2v) is 3.72. The largest absolute Gasteiger partial charge is 0.496 e. The van der Waals surface area contributed by atoms with Crippen molar-refractivity contribution in [3.63, 3.8) is 0 Å². The molecule has 0 aromatic heterocycles. The van der Waals surface area contributed by atoms with Crippen LogP contribution in [0.25, 0.3) is 0 Å². The van der Waals surface area contributed by atoms with E-state index in [1.54, 1.807) is 7.11 Å². The van der Waals surface area contributed by atoms with Gasteiger partial charge < -0.3 is 9.64 Å². The van der Waals surface area contributed by atoms with Crippen LogP contribution in [0.15, 0.2) is 49.6 Å². The maximum Gasteiger partial charge on any atom is 0.127 e. The fourth-order valence-corrected chi connectivity index (χ4v) is 1.75. The Hall–Kier alpha value is -1.54. The SMILES string of the molecule is C=CC[NH+](CC=C)Cc1ccccc1OC. The average molecular weight is 218 g/mol. The van der Waals surface area contributed by atoms with E-state index in [0.29, 0.717) is 0 Å². The molecule has 16 heavy (non-hydrogen) atoms. The molecule has 0 aliphatic heterocycles. The van der Waals surface area contributed by atoms with Gasteiger partial charge in [-0.15, -0.1) is 0 Å². The van der Waals surface area contributed by atoms with Gasteiger partial charge >= 0.3 is 0 Å². The van der Waals surface area contributed by atoms with E-state index in [2.05, 4.69) is 19.2 Å². The molecule has 0 amide bonds. The van der Waals surface area contributed by atoms with Gasteiger partial charge in [0.05, 0.1) is 20.2 Å². The summed E-state index contributed by atoms with van der Waals surface area (Å²) in [6.45, 7) is 10.4. The Kier molecular flexibility index (Phi) is 5.37. The molecular formula is C14H20NO+. The molecule has 1 aromatic rings. The summed E-state index contributed by atoms with van der Waals surface area (Å²) in [6, 6.07) is 8.13. The maximum absolute atomic E-state index is 5.34. The Morgan fingerprint density at radius 1 is 1.19 bits per heavy atom. The standard InChI is InChI=1S/C14H19NO/c1-4-10-15(11-5-2)12-13-8-6-7-9-14(13)16-3/h4-9H,1-2,10-12H2,3H3/p+1. The average Bonchev–Trinajstić information content (AvgIpc) is 2.30. The van der Waals surface area contributed by atoms with Crippen molar-refractivity contribution in [2.24, 2.45) is 0 Å². The third kappa shape index (κ3) is 3.55. The van der Waals surface area contributed by atoms with Gasteiger partial charge in [0.2, 0.25) is 0 Å². The summed E-state index contributed by atoms with van der Waals surface area (Å²) in [6.07, 6.45) is 3.88. The first-order valence-corrected chi connectivity index (χ1v) is 5.49. The van der Waals surface area contributed by atoms with Crippen LogP contribution in [0.5, 0.6) is 5.75 Å². The van der Waals surface area contributed by atoms with E-state index in [1.807, 2.05) is 30.4 Å². The van der Waals surface area contributed by atoms with Crippen LogP contribution >= 0.6 is 0 Å². The third-order valence-electron chi connectivity index (χ3n) is 2.50. The molecule has 0 radical (unpaired) electrons. The summed E-state index contributed by atoms with van der Waals surface area (Å²) in [7, 11) is 1.71. The number of rotatable bonds is 7. The van der Waals surface area contributed by atoms with Gasteiger partial charge in [-0.1, -0.05) is 25.3 Å². The lowest BCUT2D eigenvalue weighted by molar-refractivity contribution is -0.902. The lowest BCUT2D eigenvalue weighted by atomic mass is 10.2. The Labute approximate surface area is 97.8 Å². The number of nitrogens with one attached hydrogen (secondary N) is 1. The monoisotopic (exact) mass is 218 g/mol. The molecule has 0 aliphatic carbocycles. The second kappa shape index (κ2) is 6.85. The van der Waals surface area contributed by atoms with Gasteiger partial charge in [0.15, 0.2) is 0 Å². The topological polar surface area (TPSA) is 13.7 Å². The number of hydrogen-bond donors (Lipinski definition) is 1. The van der Waals surface area contributed by atoms with Gasteiger partial charge in [0, 0.05) is 5.56 Å². The van der Waals surface area contributed by atoms with E-state index in [4.69, 9.17) is 4.74 Å². The van der Waals surface area contributed by atoms with E-state index in [0.717, 1.165) is 25.4 Å². The van der Waals surface area contributed by atoms with Crippen LogP contribution in [0.2, 0.25) is 0 Å². The first-order chi connectivity index (χ1) is 7.81. The maximum atomic E-state index is 5.34. The second-order valence-electron chi connectivity index (χ2n) is 3.72. The lowest BCUT2D eigenvalue weighted by Gasteiger charge is -2.17. The van der Waals surface area contributed by atoms with Crippen molar-refractivity contribution in [2.45, 2.75) is 6.54 Å². The highest BCUT2D eigenvalue weighted by atomic mass is 16.5. The quantitative estimate of drug-likeness (QED) is 0.684. The predicted molar refractivity (Wildman–Crippen MR) is 67.8 cm³/mol. The number of quaternary nitrogens is 1. The molecule has 0 spiro atoms. The number of ether oxygens (including phenoxy) is 1. The fourth-order valence-electron chi connectivity index (χ4n) is 1.75. The van der Waals surface area contributed by atoms with Gasteiger partial charge in [-0.3, -0.25) is 0 Å². The van der Waals surface area contributed by atoms with Crippen molar-refractivity contribution in [2.75, 3.05) is 20.2 Å². The zero-order chi connectivity index (χ0) is 11.8. The van der Waals surface area contributed by atoms with E-state index in [1.165, 1.54) is 10.5 Å². The molecule has 0 fully saturated rings. The molecule has 1 N–H and O–H groups in total. The molecule has 0 bridgehead atoms. The van der Waals surface area contributed by atoms with Crippen molar-refractivity contribution < 1.29 is 9.64 Å². The Morgan fingerprint density at radius 2 is 1.81 bits per heavy atom. The molecule has 0 atom stereocenters. The van der Waals surface area contributed by atoms with Crippen molar-refractivity contribution >= 4 is 0 Å². The number of methoxy groups -OCH3 is 1. The zero-order valence-electron chi connectivity index (χ0n) is 9.91. The first-order valence-electron chi connectivity index (χ1n) is 5.49. The third-order valence-corrected chi connectivity index (χ3v) is 2.50. The van der Waals surface area contributed by atoms with E-state index >= 15 is 0 Å². The zero-order valence-corrected chi connectivity index (χ0v) is 9.91. The number of hydrogen-bond acceptors (Lipinski definition) is 1. The molecule has 1 rings (SSSR count). The van der Waals surface area contributed by atoms with Crippen molar-refractivity contribution in [3.05, 3.63) is 55.1 Å². The smallest absolute Gasteiger partial charge is 0.127 e. The summed E-state index contributed by atoms with van der Waals surface area (Å²) in [4.78, 5) is 1.41. The Morgan fingerprint density at radius 3 is 2.38 bits per heavy atom. The molecule has 1 aromatic carbocycles. The first kappa shape index (κ1) is 12.5. The minimum Gasteiger partial charge on any atom is -0.496 e. The van der Waals surface area contributed by atoms with Gasteiger partial charge in [0.25, 0.3) is 0 Å². The van der Waals surface area contributed by atoms with Gasteiger partial charge in [0.1, 0.15) is 12.3 Å². The van der Waals surface area contributed by atoms with Crippen LogP contribution in [-0.2, 0) is 6.54 Å². The minimum absolute atomic E-state index is 0.933. The minimum atomic E-state index is 0.933. The van der Waals surface area contributed by atoms with Crippen LogP contribution < -0.4 is 9.64 Å². The summed E-state index contributed by atoms with van der Waals surface area (Å²) in [5, 5.41) is 0. The molecule has 0 saturated carbocycles. The number of benzene rings is 1. The number of para-hydroxylation sites is 1. The molecule has 0 unspecified atom stereocenters. The van der Waals surface area contributed by atoms with E-state index < -0.39 is 0 Å². The normalized spacial score (nSPS) is 10.1. The van der Waals surface area contributed by atoms with Gasteiger partial charge in [-0.05, 0) is 24.3 Å². The van der Waals surface area contributed by atoms with Crippen LogP contribution in [0.1, 0.15) is 5.56 Å². The van der Waals surface area contributed by atoms with E-state index in [9.17, 15) is 0 Å². The Balaban J connectivity index is 2.75. The summed E-state index contributed by atoms with van der Waals surface area (Å²) < 4.78 is 5.34. The van der Waals surface area contributed by atoms with Crippen molar-refractivity contribution in [1.82, 2.24) is 0 Å². The molecule has 86 valence electrons. The molecule has 2 nitrogen and oxygen atoms in total. The molecular weight excluding hydrogens is 198 g/mol. The van der Waals surface area contributed by atoms with Crippen LogP contribution in [0, 0.1) is 0 Å². The van der Waals surface area contributed by atoms with Crippen LogP contribution in [0.4, 0.5) is 0 Å². The van der Waals surface area contributed by atoms with Crippen LogP contribution in [-0.4, -0.2) is 20.2 Å². The highest BCUT2D eigenvalue weighted by Crippen LogP contribution is 2.15. The summed E-state index contributed by atoms with van der Waals surface area (Å²) in [5.41, 5.74) is 1.23. The lowest BCUT2D eigenvalue weighted by Crippen LogP contribution is -3.10. The molecule has 0 saturated heterocycles. The van der Waals surface area contributed by atoms with Crippen molar-refractivity contribution in [1.29, 1.82) is 0 Å². The molecule has 0 aliphatic rings. The van der Waals surface area contributed by atoms with Gasteiger partial charge in [-0.25, -0.2) is 0 Å².